The lowest BCUT2D eigenvalue weighted by atomic mass is 9.90. The van der Waals surface area contributed by atoms with Crippen LogP contribution in [0.4, 0.5) is 4.39 Å². The molecule has 0 saturated carbocycles. The van der Waals surface area contributed by atoms with E-state index in [1.165, 1.54) is 12.1 Å². The summed E-state index contributed by atoms with van der Waals surface area (Å²) in [4.78, 5) is 3.93. The van der Waals surface area contributed by atoms with Gasteiger partial charge in [-0.05, 0) is 31.4 Å². The molecule has 0 aliphatic rings. The van der Waals surface area contributed by atoms with Gasteiger partial charge in [0.05, 0.1) is 11.9 Å². The van der Waals surface area contributed by atoms with E-state index in [1.807, 2.05) is 6.92 Å². The molecule has 90 valence electrons. The predicted molar refractivity (Wildman–Crippen MR) is 59.5 cm³/mol. The lowest BCUT2D eigenvalue weighted by molar-refractivity contribution is 0.0106. The van der Waals surface area contributed by atoms with Crippen molar-refractivity contribution >= 4 is 0 Å². The van der Waals surface area contributed by atoms with Crippen LogP contribution < -0.4 is 0 Å². The van der Waals surface area contributed by atoms with Crippen molar-refractivity contribution in [3.05, 3.63) is 29.8 Å². The molecule has 1 heterocycles. The van der Waals surface area contributed by atoms with Gasteiger partial charge in [-0.25, -0.2) is 4.39 Å². The zero-order valence-electron chi connectivity index (χ0n) is 9.74. The van der Waals surface area contributed by atoms with Crippen LogP contribution in [0.3, 0.4) is 0 Å². The molecular weight excluding hydrogens is 209 g/mol. The molecule has 1 unspecified atom stereocenters. The van der Waals surface area contributed by atoms with Gasteiger partial charge < -0.3 is 9.84 Å². The quantitative estimate of drug-likeness (QED) is 0.758. The fourth-order valence-corrected chi connectivity index (χ4v) is 1.65. The Morgan fingerprint density at radius 2 is 2.25 bits per heavy atom. The third-order valence-corrected chi connectivity index (χ3v) is 2.73. The second-order valence-corrected chi connectivity index (χ2v) is 3.84. The molecule has 1 rings (SSSR count). The van der Waals surface area contributed by atoms with Crippen molar-refractivity contribution in [2.24, 2.45) is 0 Å². The average Bonchev–Trinajstić information content (AvgIpc) is 2.30. The summed E-state index contributed by atoms with van der Waals surface area (Å²) >= 11 is 0. The van der Waals surface area contributed by atoms with Crippen LogP contribution in [0.2, 0.25) is 0 Å². The predicted octanol–water partition coefficient (Wildman–Crippen LogP) is 2.24. The summed E-state index contributed by atoms with van der Waals surface area (Å²) < 4.78 is 17.7. The SMILES string of the molecule is CCC(O)(CCCOC)c1ccc(F)cn1. The van der Waals surface area contributed by atoms with Crippen LogP contribution in [0, 0.1) is 5.82 Å². The van der Waals surface area contributed by atoms with Crippen molar-refractivity contribution in [3.8, 4) is 0 Å². The van der Waals surface area contributed by atoms with Gasteiger partial charge in [0.2, 0.25) is 0 Å². The maximum absolute atomic E-state index is 12.7. The molecule has 0 saturated heterocycles. The lowest BCUT2D eigenvalue weighted by Gasteiger charge is -2.26. The normalized spacial score (nSPS) is 14.8. The lowest BCUT2D eigenvalue weighted by Crippen LogP contribution is -2.26. The largest absolute Gasteiger partial charge is 0.385 e. The van der Waals surface area contributed by atoms with E-state index in [2.05, 4.69) is 4.98 Å². The maximum Gasteiger partial charge on any atom is 0.141 e. The summed E-state index contributed by atoms with van der Waals surface area (Å²) in [5.41, 5.74) is -0.459. The molecule has 16 heavy (non-hydrogen) atoms. The molecular formula is C12H18FNO2. The Bertz CT molecular complexity index is 315. The number of aliphatic hydroxyl groups is 1. The standard InChI is InChI=1S/C12H18FNO2/c1-3-12(15,7-4-8-16-2)11-6-5-10(13)9-14-11/h5-6,9,15H,3-4,7-8H2,1-2H3. The average molecular weight is 227 g/mol. The van der Waals surface area contributed by atoms with E-state index in [0.717, 1.165) is 12.6 Å². The number of hydrogen-bond acceptors (Lipinski definition) is 3. The number of methoxy groups -OCH3 is 1. The minimum Gasteiger partial charge on any atom is -0.385 e. The van der Waals surface area contributed by atoms with Gasteiger partial charge in [-0.3, -0.25) is 4.98 Å². The van der Waals surface area contributed by atoms with Crippen LogP contribution >= 0.6 is 0 Å². The zero-order valence-corrected chi connectivity index (χ0v) is 9.74. The number of pyridine rings is 1. The maximum atomic E-state index is 12.7. The number of ether oxygens (including phenoxy) is 1. The summed E-state index contributed by atoms with van der Waals surface area (Å²) in [6, 6.07) is 2.85. The van der Waals surface area contributed by atoms with Crippen LogP contribution in [0.1, 0.15) is 31.9 Å². The number of aromatic nitrogens is 1. The van der Waals surface area contributed by atoms with Crippen molar-refractivity contribution in [3.63, 3.8) is 0 Å². The first kappa shape index (κ1) is 13.1. The van der Waals surface area contributed by atoms with Crippen LogP contribution in [0.25, 0.3) is 0 Å². The zero-order chi connectivity index (χ0) is 12.0. The van der Waals surface area contributed by atoms with Gasteiger partial charge in [0.25, 0.3) is 0 Å². The Hall–Kier alpha value is -1.00. The fourth-order valence-electron chi connectivity index (χ4n) is 1.65. The Labute approximate surface area is 95.3 Å². The molecule has 4 heteroatoms. The Kier molecular flexibility index (Phi) is 4.83. The molecule has 0 aliphatic carbocycles. The van der Waals surface area contributed by atoms with E-state index in [-0.39, 0.29) is 5.82 Å². The second kappa shape index (κ2) is 5.92. The molecule has 0 fully saturated rings. The van der Waals surface area contributed by atoms with E-state index in [1.54, 1.807) is 7.11 Å². The first-order chi connectivity index (χ1) is 7.62. The summed E-state index contributed by atoms with van der Waals surface area (Å²) in [7, 11) is 1.63. The van der Waals surface area contributed by atoms with E-state index >= 15 is 0 Å². The third kappa shape index (κ3) is 3.25. The van der Waals surface area contributed by atoms with Crippen LogP contribution in [-0.4, -0.2) is 23.8 Å². The minimum absolute atomic E-state index is 0.390. The molecule has 0 bridgehead atoms. The fraction of sp³-hybridized carbons (Fsp3) is 0.583. The van der Waals surface area contributed by atoms with Gasteiger partial charge in [-0.1, -0.05) is 6.92 Å². The monoisotopic (exact) mass is 227 g/mol. The van der Waals surface area contributed by atoms with E-state index in [0.29, 0.717) is 25.1 Å². The Balaban J connectivity index is 2.74. The van der Waals surface area contributed by atoms with Gasteiger partial charge in [-0.15, -0.1) is 0 Å². The molecule has 0 aliphatic heterocycles. The number of nitrogens with zero attached hydrogens (tertiary/aromatic N) is 1. The molecule has 0 radical (unpaired) electrons. The topological polar surface area (TPSA) is 42.4 Å². The first-order valence-corrected chi connectivity index (χ1v) is 5.45. The van der Waals surface area contributed by atoms with Crippen molar-refractivity contribution in [1.29, 1.82) is 0 Å². The van der Waals surface area contributed by atoms with Crippen LogP contribution in [0.5, 0.6) is 0 Å². The summed E-state index contributed by atoms with van der Waals surface area (Å²) in [6.45, 7) is 2.49. The number of halogens is 1. The molecule has 0 amide bonds. The summed E-state index contributed by atoms with van der Waals surface area (Å²) in [5, 5.41) is 10.4. The second-order valence-electron chi connectivity index (χ2n) is 3.84. The number of hydrogen-bond donors (Lipinski definition) is 1. The Morgan fingerprint density at radius 1 is 1.50 bits per heavy atom. The molecule has 1 atom stereocenters. The Morgan fingerprint density at radius 3 is 2.75 bits per heavy atom. The van der Waals surface area contributed by atoms with Gasteiger partial charge in [-0.2, -0.15) is 0 Å². The summed E-state index contributed by atoms with van der Waals surface area (Å²) in [6.07, 6.45) is 3.00. The number of rotatable bonds is 6. The smallest absolute Gasteiger partial charge is 0.141 e. The highest BCUT2D eigenvalue weighted by molar-refractivity contribution is 5.13. The first-order valence-electron chi connectivity index (χ1n) is 5.45. The third-order valence-electron chi connectivity index (χ3n) is 2.73. The van der Waals surface area contributed by atoms with Gasteiger partial charge in [0.1, 0.15) is 11.4 Å². The molecule has 0 aromatic carbocycles. The molecule has 1 aromatic rings. The van der Waals surface area contributed by atoms with Crippen molar-refractivity contribution < 1.29 is 14.2 Å². The highest BCUT2D eigenvalue weighted by Gasteiger charge is 2.27. The summed E-state index contributed by atoms with van der Waals surface area (Å²) in [5.74, 6) is -0.390. The highest BCUT2D eigenvalue weighted by atomic mass is 19.1. The molecule has 1 N–H and O–H groups in total. The van der Waals surface area contributed by atoms with E-state index in [4.69, 9.17) is 4.74 Å². The molecule has 1 aromatic heterocycles. The van der Waals surface area contributed by atoms with E-state index in [9.17, 15) is 9.50 Å². The highest BCUT2D eigenvalue weighted by Crippen LogP contribution is 2.28. The van der Waals surface area contributed by atoms with Gasteiger partial charge >= 0.3 is 0 Å². The molecule has 3 nitrogen and oxygen atoms in total. The van der Waals surface area contributed by atoms with Crippen LogP contribution in [-0.2, 0) is 10.3 Å². The van der Waals surface area contributed by atoms with Crippen molar-refractivity contribution in [2.75, 3.05) is 13.7 Å². The molecule has 0 spiro atoms. The van der Waals surface area contributed by atoms with Crippen molar-refractivity contribution in [2.45, 2.75) is 31.8 Å². The van der Waals surface area contributed by atoms with Gasteiger partial charge in [0.15, 0.2) is 0 Å². The van der Waals surface area contributed by atoms with Crippen molar-refractivity contribution in [1.82, 2.24) is 4.98 Å². The minimum atomic E-state index is -0.980. The van der Waals surface area contributed by atoms with Gasteiger partial charge in [0, 0.05) is 13.7 Å². The van der Waals surface area contributed by atoms with E-state index < -0.39 is 5.60 Å². The van der Waals surface area contributed by atoms with Crippen LogP contribution in [0.15, 0.2) is 18.3 Å².